The van der Waals surface area contributed by atoms with Crippen molar-refractivity contribution in [3.63, 3.8) is 0 Å². The number of thioether (sulfide) groups is 1. The monoisotopic (exact) mass is 491 g/mol. The molecule has 0 saturated heterocycles. The maximum absolute atomic E-state index is 13.0. The van der Waals surface area contributed by atoms with Crippen molar-refractivity contribution in [1.29, 1.82) is 0 Å². The average Bonchev–Trinajstić information content (AvgIpc) is 2.77. The molecule has 0 aromatic heterocycles. The summed E-state index contributed by atoms with van der Waals surface area (Å²) in [5.41, 5.74) is 11.2. The molecule has 0 aromatic carbocycles. The lowest BCUT2D eigenvalue weighted by Gasteiger charge is -2.28. The first-order chi connectivity index (χ1) is 15.5. The molecule has 0 fully saturated rings. The summed E-state index contributed by atoms with van der Waals surface area (Å²) in [5, 5.41) is 26.7. The van der Waals surface area contributed by atoms with E-state index in [0.29, 0.717) is 31.6 Å². The van der Waals surface area contributed by atoms with Crippen molar-refractivity contribution in [3.8, 4) is 0 Å². The molecule has 0 saturated carbocycles. The van der Waals surface area contributed by atoms with Crippen LogP contribution in [0.5, 0.6) is 0 Å². The molecule has 0 bridgehead atoms. The fourth-order valence-electron chi connectivity index (χ4n) is 2.96. The molecule has 0 radical (unpaired) electrons. The van der Waals surface area contributed by atoms with Gasteiger partial charge in [-0.15, -0.1) is 0 Å². The fourth-order valence-corrected chi connectivity index (χ4v) is 3.43. The zero-order valence-corrected chi connectivity index (χ0v) is 20.8. The van der Waals surface area contributed by atoms with Gasteiger partial charge in [0.2, 0.25) is 17.7 Å². The third-order valence-corrected chi connectivity index (χ3v) is 6.06. The van der Waals surface area contributed by atoms with Crippen molar-refractivity contribution in [2.24, 2.45) is 17.4 Å². The Morgan fingerprint density at radius 1 is 0.939 bits per heavy atom. The maximum atomic E-state index is 13.0. The van der Waals surface area contributed by atoms with Crippen LogP contribution in [0.2, 0.25) is 0 Å². The SMILES string of the molecule is CCC(C)C(NC(=O)C(CCCCN)NC(=O)C(N)C(C)O)C(=O)NC(CCSC)C(=O)O. The Labute approximate surface area is 200 Å². The Kier molecular flexibility index (Phi) is 15.7. The normalized spacial score (nSPS) is 16.6. The van der Waals surface area contributed by atoms with E-state index in [0.717, 1.165) is 0 Å². The number of amides is 3. The van der Waals surface area contributed by atoms with Crippen molar-refractivity contribution in [3.05, 3.63) is 0 Å². The predicted octanol–water partition coefficient (Wildman–Crippen LogP) is -0.838. The molecule has 0 aliphatic carbocycles. The molecule has 0 heterocycles. The first-order valence-corrected chi connectivity index (χ1v) is 12.7. The minimum atomic E-state index is -1.21. The molecule has 0 aromatic rings. The van der Waals surface area contributed by atoms with Crippen LogP contribution in [0, 0.1) is 5.92 Å². The van der Waals surface area contributed by atoms with E-state index >= 15 is 0 Å². The Morgan fingerprint density at radius 2 is 1.55 bits per heavy atom. The smallest absolute Gasteiger partial charge is 0.326 e. The first kappa shape index (κ1) is 31.1. The van der Waals surface area contributed by atoms with Crippen LogP contribution in [-0.4, -0.2) is 82.7 Å². The molecule has 11 nitrogen and oxygen atoms in total. The van der Waals surface area contributed by atoms with E-state index in [2.05, 4.69) is 16.0 Å². The number of carbonyl (C=O) groups excluding carboxylic acids is 3. The number of carbonyl (C=O) groups is 4. The van der Waals surface area contributed by atoms with E-state index < -0.39 is 54.0 Å². The van der Waals surface area contributed by atoms with Crippen LogP contribution in [0.4, 0.5) is 0 Å². The Bertz CT molecular complexity index is 636. The number of unbranched alkanes of at least 4 members (excludes halogenated alkanes) is 1. The van der Waals surface area contributed by atoms with Gasteiger partial charge in [-0.3, -0.25) is 14.4 Å². The lowest BCUT2D eigenvalue weighted by Crippen LogP contribution is -2.59. The lowest BCUT2D eigenvalue weighted by atomic mass is 9.97. The van der Waals surface area contributed by atoms with Crippen molar-refractivity contribution in [2.45, 2.75) is 83.1 Å². The minimum Gasteiger partial charge on any atom is -0.480 e. The highest BCUT2D eigenvalue weighted by atomic mass is 32.2. The minimum absolute atomic E-state index is 0.248. The molecule has 6 unspecified atom stereocenters. The molecule has 0 aliphatic rings. The highest BCUT2D eigenvalue weighted by Crippen LogP contribution is 2.11. The Morgan fingerprint density at radius 3 is 2.03 bits per heavy atom. The van der Waals surface area contributed by atoms with Gasteiger partial charge < -0.3 is 37.6 Å². The van der Waals surface area contributed by atoms with E-state index in [1.54, 1.807) is 6.92 Å². The van der Waals surface area contributed by atoms with Crippen LogP contribution in [0.15, 0.2) is 0 Å². The standard InChI is InChI=1S/C21H41N5O6S/c1-5-12(2)17(20(30)25-15(21(31)32)9-11-33-4)26-18(28)14(8-6-7-10-22)24-19(29)16(23)13(3)27/h12-17,27H,5-11,22-23H2,1-4H3,(H,24,29)(H,25,30)(H,26,28)(H,31,32). The van der Waals surface area contributed by atoms with Crippen LogP contribution in [-0.2, 0) is 19.2 Å². The number of aliphatic hydroxyl groups is 1. The van der Waals surface area contributed by atoms with Gasteiger partial charge in [-0.05, 0) is 57.1 Å². The zero-order chi connectivity index (χ0) is 25.6. The van der Waals surface area contributed by atoms with Crippen molar-refractivity contribution in [1.82, 2.24) is 16.0 Å². The zero-order valence-electron chi connectivity index (χ0n) is 20.0. The molecule has 12 heteroatoms. The highest BCUT2D eigenvalue weighted by molar-refractivity contribution is 7.98. The van der Waals surface area contributed by atoms with Gasteiger partial charge in [-0.2, -0.15) is 11.8 Å². The summed E-state index contributed by atoms with van der Waals surface area (Å²) < 4.78 is 0. The number of carboxylic acid groups (broad SMARTS) is 1. The fraction of sp³-hybridized carbons (Fsp3) is 0.810. The van der Waals surface area contributed by atoms with Gasteiger partial charge >= 0.3 is 5.97 Å². The average molecular weight is 492 g/mol. The number of nitrogens with one attached hydrogen (secondary N) is 3. The first-order valence-electron chi connectivity index (χ1n) is 11.3. The molecular formula is C21H41N5O6S. The summed E-state index contributed by atoms with van der Waals surface area (Å²) in [6.45, 7) is 5.40. The van der Waals surface area contributed by atoms with Crippen LogP contribution >= 0.6 is 11.8 Å². The molecule has 3 amide bonds. The van der Waals surface area contributed by atoms with Crippen molar-refractivity contribution >= 4 is 35.5 Å². The second kappa shape index (κ2) is 16.7. The molecule has 0 spiro atoms. The van der Waals surface area contributed by atoms with E-state index in [9.17, 15) is 29.4 Å². The summed E-state index contributed by atoms with van der Waals surface area (Å²) in [7, 11) is 0. The third kappa shape index (κ3) is 11.7. The Hall–Kier alpha value is -1.89. The van der Waals surface area contributed by atoms with E-state index in [1.165, 1.54) is 18.7 Å². The number of nitrogens with two attached hydrogens (primary N) is 2. The highest BCUT2D eigenvalue weighted by Gasteiger charge is 2.32. The van der Waals surface area contributed by atoms with E-state index in [4.69, 9.17) is 11.5 Å². The van der Waals surface area contributed by atoms with E-state index in [1.807, 2.05) is 13.2 Å². The van der Waals surface area contributed by atoms with Gasteiger partial charge in [0.25, 0.3) is 0 Å². The van der Waals surface area contributed by atoms with Gasteiger partial charge in [0.1, 0.15) is 24.2 Å². The predicted molar refractivity (Wildman–Crippen MR) is 128 cm³/mol. The van der Waals surface area contributed by atoms with Gasteiger partial charge in [0, 0.05) is 0 Å². The molecule has 9 N–H and O–H groups in total. The number of carboxylic acids is 1. The summed E-state index contributed by atoms with van der Waals surface area (Å²) in [6, 6.07) is -4.26. The summed E-state index contributed by atoms with van der Waals surface area (Å²) in [6.07, 6.45) is 2.98. The van der Waals surface area contributed by atoms with Gasteiger partial charge in [-0.1, -0.05) is 20.3 Å². The maximum Gasteiger partial charge on any atom is 0.326 e. The van der Waals surface area contributed by atoms with Crippen molar-refractivity contribution < 1.29 is 29.4 Å². The summed E-state index contributed by atoms with van der Waals surface area (Å²) in [5.74, 6) is -2.76. The summed E-state index contributed by atoms with van der Waals surface area (Å²) >= 11 is 1.47. The topological polar surface area (TPSA) is 197 Å². The second-order valence-corrected chi connectivity index (χ2v) is 9.15. The van der Waals surface area contributed by atoms with Crippen molar-refractivity contribution in [2.75, 3.05) is 18.6 Å². The quantitative estimate of drug-likeness (QED) is 0.127. The molecule has 6 atom stereocenters. The lowest BCUT2D eigenvalue weighted by molar-refractivity contribution is -0.142. The number of hydrogen-bond acceptors (Lipinski definition) is 8. The largest absolute Gasteiger partial charge is 0.480 e. The summed E-state index contributed by atoms with van der Waals surface area (Å²) in [4.78, 5) is 49.8. The third-order valence-electron chi connectivity index (χ3n) is 5.42. The number of rotatable bonds is 17. The van der Waals surface area contributed by atoms with E-state index in [-0.39, 0.29) is 18.8 Å². The second-order valence-electron chi connectivity index (χ2n) is 8.16. The number of aliphatic hydroxyl groups excluding tert-OH is 1. The molecule has 0 rings (SSSR count). The Balaban J connectivity index is 5.51. The van der Waals surface area contributed by atoms with Crippen LogP contribution in [0.1, 0.15) is 52.9 Å². The van der Waals surface area contributed by atoms with Crippen LogP contribution in [0.3, 0.4) is 0 Å². The van der Waals surface area contributed by atoms with Crippen LogP contribution in [0.25, 0.3) is 0 Å². The van der Waals surface area contributed by atoms with Crippen LogP contribution < -0.4 is 27.4 Å². The van der Waals surface area contributed by atoms with Gasteiger partial charge in [0.15, 0.2) is 0 Å². The number of aliphatic carboxylic acids is 1. The van der Waals surface area contributed by atoms with Gasteiger partial charge in [-0.25, -0.2) is 4.79 Å². The van der Waals surface area contributed by atoms with Gasteiger partial charge in [0.05, 0.1) is 6.10 Å². The molecular weight excluding hydrogens is 450 g/mol. The molecule has 0 aliphatic heterocycles. The molecule has 192 valence electrons. The molecule has 33 heavy (non-hydrogen) atoms. The number of hydrogen-bond donors (Lipinski definition) is 7.